The molecule has 2 aromatic carbocycles. The summed E-state index contributed by atoms with van der Waals surface area (Å²) in [4.78, 5) is 14.9. The molecule has 0 saturated heterocycles. The van der Waals surface area contributed by atoms with Gasteiger partial charge in [-0.25, -0.2) is 0 Å². The average molecular weight is 265 g/mol. The van der Waals surface area contributed by atoms with Crippen LogP contribution >= 0.6 is 0 Å². The van der Waals surface area contributed by atoms with E-state index in [9.17, 15) is 4.79 Å². The van der Waals surface area contributed by atoms with Gasteiger partial charge in [-0.3, -0.25) is 4.79 Å². The number of carbonyl (C=O) groups is 1. The molecule has 1 heterocycles. The SMILES string of the molecule is CCN1CCCc2cc(C(=O)c3ccccc3)ccc21. The predicted octanol–water partition coefficient (Wildman–Crippen LogP) is 3.69. The number of anilines is 1. The third-order valence-electron chi connectivity index (χ3n) is 3.97. The number of hydrogen-bond donors (Lipinski definition) is 0. The molecule has 0 bridgehead atoms. The van der Waals surface area contributed by atoms with Crippen molar-refractivity contribution >= 4 is 11.5 Å². The lowest BCUT2D eigenvalue weighted by Gasteiger charge is -2.30. The maximum absolute atomic E-state index is 12.5. The lowest BCUT2D eigenvalue weighted by atomic mass is 9.95. The molecule has 0 amide bonds. The van der Waals surface area contributed by atoms with Crippen LogP contribution in [0.1, 0.15) is 34.8 Å². The van der Waals surface area contributed by atoms with E-state index in [4.69, 9.17) is 0 Å². The fraction of sp³-hybridized carbons (Fsp3) is 0.278. The number of carbonyl (C=O) groups excluding carboxylic acids is 1. The third kappa shape index (κ3) is 2.34. The van der Waals surface area contributed by atoms with E-state index in [0.29, 0.717) is 0 Å². The van der Waals surface area contributed by atoms with Crippen LogP contribution in [0, 0.1) is 0 Å². The van der Waals surface area contributed by atoms with Crippen LogP contribution < -0.4 is 4.90 Å². The normalized spacial score (nSPS) is 13.9. The fourth-order valence-corrected chi connectivity index (χ4v) is 2.90. The van der Waals surface area contributed by atoms with Gasteiger partial charge in [-0.1, -0.05) is 30.3 Å². The summed E-state index contributed by atoms with van der Waals surface area (Å²) in [7, 11) is 0. The molecular formula is C18H19NO. The molecule has 0 unspecified atom stereocenters. The molecule has 1 aliphatic heterocycles. The first-order valence-corrected chi connectivity index (χ1v) is 7.27. The summed E-state index contributed by atoms with van der Waals surface area (Å²) in [5, 5.41) is 0. The summed E-state index contributed by atoms with van der Waals surface area (Å²) in [6.07, 6.45) is 2.24. The van der Waals surface area contributed by atoms with Gasteiger partial charge in [-0.15, -0.1) is 0 Å². The number of fused-ring (bicyclic) bond motifs is 1. The molecule has 0 N–H and O–H groups in total. The molecule has 1 aliphatic rings. The Morgan fingerprint density at radius 3 is 2.65 bits per heavy atom. The summed E-state index contributed by atoms with van der Waals surface area (Å²) >= 11 is 0. The molecule has 0 atom stereocenters. The smallest absolute Gasteiger partial charge is 0.193 e. The Balaban J connectivity index is 1.95. The van der Waals surface area contributed by atoms with Crippen molar-refractivity contribution in [2.45, 2.75) is 19.8 Å². The Kier molecular flexibility index (Phi) is 3.55. The van der Waals surface area contributed by atoms with Gasteiger partial charge in [-0.05, 0) is 43.5 Å². The molecule has 0 radical (unpaired) electrons. The zero-order valence-corrected chi connectivity index (χ0v) is 11.8. The molecule has 3 rings (SSSR count). The largest absolute Gasteiger partial charge is 0.372 e. The Morgan fingerprint density at radius 2 is 1.90 bits per heavy atom. The molecule has 0 saturated carbocycles. The van der Waals surface area contributed by atoms with Crippen LogP contribution in [0.4, 0.5) is 5.69 Å². The Morgan fingerprint density at radius 1 is 1.10 bits per heavy atom. The quantitative estimate of drug-likeness (QED) is 0.789. The predicted molar refractivity (Wildman–Crippen MR) is 82.5 cm³/mol. The van der Waals surface area contributed by atoms with E-state index < -0.39 is 0 Å². The van der Waals surface area contributed by atoms with Gasteiger partial charge in [0, 0.05) is 29.9 Å². The van der Waals surface area contributed by atoms with Crippen LogP contribution in [0.3, 0.4) is 0 Å². The highest BCUT2D eigenvalue weighted by Gasteiger charge is 2.17. The van der Waals surface area contributed by atoms with Crippen molar-refractivity contribution in [1.82, 2.24) is 0 Å². The van der Waals surface area contributed by atoms with Crippen molar-refractivity contribution in [2.75, 3.05) is 18.0 Å². The summed E-state index contributed by atoms with van der Waals surface area (Å²) in [6.45, 7) is 4.33. The van der Waals surface area contributed by atoms with Crippen molar-refractivity contribution in [3.05, 3.63) is 65.2 Å². The summed E-state index contributed by atoms with van der Waals surface area (Å²) in [5.74, 6) is 0.113. The van der Waals surface area contributed by atoms with E-state index in [-0.39, 0.29) is 5.78 Å². The summed E-state index contributed by atoms with van der Waals surface area (Å²) < 4.78 is 0. The van der Waals surface area contributed by atoms with E-state index in [1.54, 1.807) is 0 Å². The monoisotopic (exact) mass is 265 g/mol. The fourth-order valence-electron chi connectivity index (χ4n) is 2.90. The first kappa shape index (κ1) is 12.9. The van der Waals surface area contributed by atoms with Crippen molar-refractivity contribution < 1.29 is 4.79 Å². The van der Waals surface area contributed by atoms with Crippen LogP contribution in [-0.4, -0.2) is 18.9 Å². The molecule has 2 aromatic rings. The highest BCUT2D eigenvalue weighted by Crippen LogP contribution is 2.28. The van der Waals surface area contributed by atoms with Gasteiger partial charge in [0.15, 0.2) is 5.78 Å². The van der Waals surface area contributed by atoms with Gasteiger partial charge < -0.3 is 4.90 Å². The molecule has 2 nitrogen and oxygen atoms in total. The van der Waals surface area contributed by atoms with Crippen molar-refractivity contribution in [3.63, 3.8) is 0 Å². The van der Waals surface area contributed by atoms with E-state index in [1.165, 1.54) is 17.7 Å². The Hall–Kier alpha value is -2.09. The molecule has 0 aromatic heterocycles. The van der Waals surface area contributed by atoms with Crippen LogP contribution in [0.25, 0.3) is 0 Å². The van der Waals surface area contributed by atoms with Gasteiger partial charge in [0.05, 0.1) is 0 Å². The van der Waals surface area contributed by atoms with Crippen LogP contribution in [0.15, 0.2) is 48.5 Å². The zero-order chi connectivity index (χ0) is 13.9. The highest BCUT2D eigenvalue weighted by molar-refractivity contribution is 6.09. The van der Waals surface area contributed by atoms with Crippen LogP contribution in [0.2, 0.25) is 0 Å². The van der Waals surface area contributed by atoms with Crippen LogP contribution in [0.5, 0.6) is 0 Å². The van der Waals surface area contributed by atoms with E-state index in [1.807, 2.05) is 36.4 Å². The maximum atomic E-state index is 12.5. The number of nitrogens with zero attached hydrogens (tertiary/aromatic N) is 1. The Bertz CT molecular complexity index is 619. The molecule has 20 heavy (non-hydrogen) atoms. The van der Waals surface area contributed by atoms with Gasteiger partial charge in [0.2, 0.25) is 0 Å². The maximum Gasteiger partial charge on any atom is 0.193 e. The third-order valence-corrected chi connectivity index (χ3v) is 3.97. The van der Waals surface area contributed by atoms with E-state index >= 15 is 0 Å². The van der Waals surface area contributed by atoms with Crippen molar-refractivity contribution in [3.8, 4) is 0 Å². The molecule has 0 fully saturated rings. The second-order valence-electron chi connectivity index (χ2n) is 5.22. The molecule has 0 aliphatic carbocycles. The van der Waals surface area contributed by atoms with Crippen molar-refractivity contribution in [1.29, 1.82) is 0 Å². The zero-order valence-electron chi connectivity index (χ0n) is 11.8. The van der Waals surface area contributed by atoms with Gasteiger partial charge >= 0.3 is 0 Å². The number of hydrogen-bond acceptors (Lipinski definition) is 2. The highest BCUT2D eigenvalue weighted by atomic mass is 16.1. The number of aryl methyl sites for hydroxylation is 1. The van der Waals surface area contributed by atoms with E-state index in [0.717, 1.165) is 30.6 Å². The second kappa shape index (κ2) is 5.49. The second-order valence-corrected chi connectivity index (χ2v) is 5.22. The first-order chi connectivity index (χ1) is 9.79. The summed E-state index contributed by atoms with van der Waals surface area (Å²) in [6, 6.07) is 15.6. The van der Waals surface area contributed by atoms with Crippen LogP contribution in [-0.2, 0) is 6.42 Å². The average Bonchev–Trinajstić information content (AvgIpc) is 2.53. The van der Waals surface area contributed by atoms with E-state index in [2.05, 4.69) is 24.0 Å². The van der Waals surface area contributed by atoms with Gasteiger partial charge in [0.25, 0.3) is 0 Å². The first-order valence-electron chi connectivity index (χ1n) is 7.27. The standard InChI is InChI=1S/C18H19NO/c1-2-19-12-6-9-15-13-16(10-11-17(15)19)18(20)14-7-4-3-5-8-14/h3-5,7-8,10-11,13H,2,6,9,12H2,1H3. The number of ketones is 1. The molecule has 0 spiro atoms. The lowest BCUT2D eigenvalue weighted by molar-refractivity contribution is 0.103. The van der Waals surface area contributed by atoms with Crippen molar-refractivity contribution in [2.24, 2.45) is 0 Å². The molecular weight excluding hydrogens is 246 g/mol. The minimum Gasteiger partial charge on any atom is -0.372 e. The number of benzene rings is 2. The minimum absolute atomic E-state index is 0.113. The molecule has 102 valence electrons. The number of rotatable bonds is 3. The van der Waals surface area contributed by atoms with Gasteiger partial charge in [0.1, 0.15) is 0 Å². The van der Waals surface area contributed by atoms with Gasteiger partial charge in [-0.2, -0.15) is 0 Å². The molecule has 2 heteroatoms. The summed E-state index contributed by atoms with van der Waals surface area (Å²) in [5.41, 5.74) is 4.16. The topological polar surface area (TPSA) is 20.3 Å². The lowest BCUT2D eigenvalue weighted by Crippen LogP contribution is -2.29. The Labute approximate surface area is 120 Å². The minimum atomic E-state index is 0.113.